The van der Waals surface area contributed by atoms with E-state index in [0.29, 0.717) is 17.0 Å². The van der Waals surface area contributed by atoms with Gasteiger partial charge in [-0.05, 0) is 54.5 Å². The molecule has 0 saturated carbocycles. The standard InChI is InChI=1S/C20H23NO3/c1-4-5-15-8-13-19(23-2)17(20(15)24-3)11-12-18(22)14-6-9-16(21)10-7-14/h6-13H,4-5,21H2,1-3H3/b12-11+. The number of ketones is 1. The van der Waals surface area contributed by atoms with E-state index in [1.54, 1.807) is 44.6 Å². The zero-order valence-electron chi connectivity index (χ0n) is 14.3. The topological polar surface area (TPSA) is 61.5 Å². The number of hydrogen-bond acceptors (Lipinski definition) is 4. The number of carbonyl (C=O) groups excluding carboxylic acids is 1. The second-order valence-electron chi connectivity index (χ2n) is 5.44. The fourth-order valence-electron chi connectivity index (χ4n) is 2.57. The van der Waals surface area contributed by atoms with Gasteiger partial charge in [-0.1, -0.05) is 19.4 Å². The van der Waals surface area contributed by atoms with Crippen LogP contribution in [0.5, 0.6) is 11.5 Å². The van der Waals surface area contributed by atoms with Crippen LogP contribution >= 0.6 is 0 Å². The third-order valence-corrected chi connectivity index (χ3v) is 3.78. The molecule has 2 N–H and O–H groups in total. The molecule has 0 aliphatic carbocycles. The minimum Gasteiger partial charge on any atom is -0.496 e. The molecule has 24 heavy (non-hydrogen) atoms. The summed E-state index contributed by atoms with van der Waals surface area (Å²) < 4.78 is 11.0. The molecule has 0 spiro atoms. The van der Waals surface area contributed by atoms with Crippen LogP contribution in [0, 0.1) is 0 Å². The van der Waals surface area contributed by atoms with E-state index in [0.717, 1.165) is 29.7 Å². The van der Waals surface area contributed by atoms with Crippen LogP contribution in [0.15, 0.2) is 42.5 Å². The van der Waals surface area contributed by atoms with E-state index in [9.17, 15) is 4.79 Å². The summed E-state index contributed by atoms with van der Waals surface area (Å²) in [5.41, 5.74) is 8.74. The first kappa shape index (κ1) is 17.6. The molecule has 0 atom stereocenters. The van der Waals surface area contributed by atoms with Crippen molar-refractivity contribution in [2.45, 2.75) is 19.8 Å². The summed E-state index contributed by atoms with van der Waals surface area (Å²) in [5.74, 6) is 1.32. The van der Waals surface area contributed by atoms with Gasteiger partial charge in [-0.3, -0.25) is 4.79 Å². The lowest BCUT2D eigenvalue weighted by Crippen LogP contribution is -1.99. The number of nitrogens with two attached hydrogens (primary N) is 1. The molecule has 0 heterocycles. The number of aryl methyl sites for hydroxylation is 1. The Morgan fingerprint density at radius 2 is 1.79 bits per heavy atom. The van der Waals surface area contributed by atoms with E-state index in [-0.39, 0.29) is 5.78 Å². The Hall–Kier alpha value is -2.75. The predicted octanol–water partition coefficient (Wildman–Crippen LogP) is 4.13. The second-order valence-corrected chi connectivity index (χ2v) is 5.44. The van der Waals surface area contributed by atoms with Gasteiger partial charge in [-0.15, -0.1) is 0 Å². The van der Waals surface area contributed by atoms with Gasteiger partial charge in [0.15, 0.2) is 5.78 Å². The maximum atomic E-state index is 12.3. The van der Waals surface area contributed by atoms with Crippen molar-refractivity contribution >= 4 is 17.5 Å². The third kappa shape index (κ3) is 3.96. The van der Waals surface area contributed by atoms with Crippen LogP contribution in [-0.4, -0.2) is 20.0 Å². The number of allylic oxidation sites excluding steroid dienone is 1. The van der Waals surface area contributed by atoms with Crippen molar-refractivity contribution in [1.82, 2.24) is 0 Å². The van der Waals surface area contributed by atoms with Crippen molar-refractivity contribution in [2.75, 3.05) is 20.0 Å². The normalized spacial score (nSPS) is 10.8. The van der Waals surface area contributed by atoms with Gasteiger partial charge in [0.2, 0.25) is 0 Å². The highest BCUT2D eigenvalue weighted by molar-refractivity contribution is 6.07. The van der Waals surface area contributed by atoms with Gasteiger partial charge < -0.3 is 15.2 Å². The van der Waals surface area contributed by atoms with Gasteiger partial charge in [0.25, 0.3) is 0 Å². The third-order valence-electron chi connectivity index (χ3n) is 3.78. The summed E-state index contributed by atoms with van der Waals surface area (Å²) in [5, 5.41) is 0. The Balaban J connectivity index is 2.37. The van der Waals surface area contributed by atoms with Crippen molar-refractivity contribution in [3.8, 4) is 11.5 Å². The number of nitrogen functional groups attached to an aromatic ring is 1. The maximum Gasteiger partial charge on any atom is 0.185 e. The molecular formula is C20H23NO3. The van der Waals surface area contributed by atoms with E-state index < -0.39 is 0 Å². The first-order valence-electron chi connectivity index (χ1n) is 7.92. The molecule has 2 aromatic rings. The number of rotatable bonds is 7. The van der Waals surface area contributed by atoms with Gasteiger partial charge in [-0.2, -0.15) is 0 Å². The maximum absolute atomic E-state index is 12.3. The Morgan fingerprint density at radius 1 is 1.08 bits per heavy atom. The van der Waals surface area contributed by atoms with Crippen molar-refractivity contribution in [2.24, 2.45) is 0 Å². The molecule has 0 aliphatic heterocycles. The monoisotopic (exact) mass is 325 g/mol. The largest absolute Gasteiger partial charge is 0.496 e. The highest BCUT2D eigenvalue weighted by atomic mass is 16.5. The van der Waals surface area contributed by atoms with Crippen molar-refractivity contribution in [3.05, 3.63) is 59.2 Å². The van der Waals surface area contributed by atoms with Crippen LogP contribution in [0.4, 0.5) is 5.69 Å². The first-order valence-corrected chi connectivity index (χ1v) is 7.92. The molecule has 0 aliphatic rings. The van der Waals surface area contributed by atoms with Crippen LogP contribution in [0.3, 0.4) is 0 Å². The molecule has 0 aromatic heterocycles. The van der Waals surface area contributed by atoms with Crippen LogP contribution in [0.2, 0.25) is 0 Å². The van der Waals surface area contributed by atoms with E-state index in [4.69, 9.17) is 15.2 Å². The lowest BCUT2D eigenvalue weighted by molar-refractivity contribution is 0.104. The predicted molar refractivity (Wildman–Crippen MR) is 97.8 cm³/mol. The second kappa shape index (κ2) is 8.20. The molecule has 0 saturated heterocycles. The van der Waals surface area contributed by atoms with E-state index in [2.05, 4.69) is 6.92 Å². The molecule has 4 nitrogen and oxygen atoms in total. The van der Waals surface area contributed by atoms with E-state index >= 15 is 0 Å². The van der Waals surface area contributed by atoms with Crippen LogP contribution in [0.25, 0.3) is 6.08 Å². The summed E-state index contributed by atoms with van der Waals surface area (Å²) in [4.78, 5) is 12.3. The Labute approximate surface area is 142 Å². The van der Waals surface area contributed by atoms with Crippen LogP contribution in [-0.2, 0) is 6.42 Å². The van der Waals surface area contributed by atoms with Crippen molar-refractivity contribution < 1.29 is 14.3 Å². The SMILES string of the molecule is CCCc1ccc(OC)c(/C=C/C(=O)c2ccc(N)cc2)c1OC. The lowest BCUT2D eigenvalue weighted by Gasteiger charge is -2.14. The number of methoxy groups -OCH3 is 2. The van der Waals surface area contributed by atoms with Gasteiger partial charge in [0.05, 0.1) is 19.8 Å². The average molecular weight is 325 g/mol. The lowest BCUT2D eigenvalue weighted by atomic mass is 10.0. The highest BCUT2D eigenvalue weighted by Gasteiger charge is 2.13. The number of carbonyl (C=O) groups is 1. The van der Waals surface area contributed by atoms with Gasteiger partial charge in [0, 0.05) is 11.3 Å². The number of benzene rings is 2. The fraction of sp³-hybridized carbons (Fsp3) is 0.250. The van der Waals surface area contributed by atoms with Gasteiger partial charge in [-0.25, -0.2) is 0 Å². The van der Waals surface area contributed by atoms with Crippen LogP contribution in [0.1, 0.15) is 34.8 Å². The summed E-state index contributed by atoms with van der Waals surface area (Å²) in [6.07, 6.45) is 5.19. The quantitative estimate of drug-likeness (QED) is 0.472. The molecular weight excluding hydrogens is 302 g/mol. The van der Waals surface area contributed by atoms with E-state index in [1.165, 1.54) is 6.08 Å². The molecule has 2 aromatic carbocycles. The zero-order valence-corrected chi connectivity index (χ0v) is 14.3. The average Bonchev–Trinajstić information content (AvgIpc) is 2.60. The molecule has 0 amide bonds. The van der Waals surface area contributed by atoms with Crippen molar-refractivity contribution in [3.63, 3.8) is 0 Å². The summed E-state index contributed by atoms with van der Waals surface area (Å²) >= 11 is 0. The molecule has 126 valence electrons. The summed E-state index contributed by atoms with van der Waals surface area (Å²) in [6.45, 7) is 2.11. The Bertz CT molecular complexity index is 733. The van der Waals surface area contributed by atoms with Gasteiger partial charge in [0.1, 0.15) is 11.5 Å². The van der Waals surface area contributed by atoms with Gasteiger partial charge >= 0.3 is 0 Å². The molecule has 0 bridgehead atoms. The minimum absolute atomic E-state index is 0.0972. The molecule has 0 radical (unpaired) electrons. The molecule has 0 unspecified atom stereocenters. The van der Waals surface area contributed by atoms with E-state index in [1.807, 2.05) is 12.1 Å². The molecule has 2 rings (SSSR count). The minimum atomic E-state index is -0.0972. The summed E-state index contributed by atoms with van der Waals surface area (Å²) in [6, 6.07) is 10.8. The molecule has 0 fully saturated rings. The van der Waals surface area contributed by atoms with Crippen molar-refractivity contribution in [1.29, 1.82) is 0 Å². The fourth-order valence-corrected chi connectivity index (χ4v) is 2.57. The Kier molecular flexibility index (Phi) is 6.01. The number of anilines is 1. The zero-order chi connectivity index (χ0) is 17.5. The summed E-state index contributed by atoms with van der Waals surface area (Å²) in [7, 11) is 3.24. The highest BCUT2D eigenvalue weighted by Crippen LogP contribution is 2.34. The number of hydrogen-bond donors (Lipinski definition) is 1. The smallest absolute Gasteiger partial charge is 0.185 e. The Morgan fingerprint density at radius 3 is 2.38 bits per heavy atom. The van der Waals surface area contributed by atoms with Crippen LogP contribution < -0.4 is 15.2 Å². The number of ether oxygens (including phenoxy) is 2. The first-order chi connectivity index (χ1) is 11.6. The molecule has 4 heteroatoms.